The largest absolute Gasteiger partial charge is 0.343 e. The zero-order valence-corrected chi connectivity index (χ0v) is 12.9. The second kappa shape index (κ2) is 6.92. The number of hydrogen-bond donors (Lipinski definition) is 1. The summed E-state index contributed by atoms with van der Waals surface area (Å²) in [5, 5.41) is 2.85. The van der Waals surface area contributed by atoms with E-state index in [2.05, 4.69) is 19.2 Å². The van der Waals surface area contributed by atoms with Crippen molar-refractivity contribution in [2.45, 2.75) is 66.0 Å². The molecule has 0 aromatic heterocycles. The summed E-state index contributed by atoms with van der Waals surface area (Å²) >= 11 is 0. The van der Waals surface area contributed by atoms with Crippen LogP contribution in [0.2, 0.25) is 0 Å². The highest BCUT2D eigenvalue weighted by molar-refractivity contribution is 5.97. The highest BCUT2D eigenvalue weighted by atomic mass is 16.2. The number of amides is 2. The van der Waals surface area contributed by atoms with E-state index in [1.165, 1.54) is 0 Å². The molecule has 2 amide bonds. The van der Waals surface area contributed by atoms with Crippen LogP contribution in [-0.2, 0) is 9.59 Å². The van der Waals surface area contributed by atoms with Crippen molar-refractivity contribution >= 4 is 11.8 Å². The van der Waals surface area contributed by atoms with E-state index in [0.717, 1.165) is 12.8 Å². The van der Waals surface area contributed by atoms with Crippen LogP contribution in [-0.4, -0.2) is 35.3 Å². The van der Waals surface area contributed by atoms with E-state index in [1.54, 1.807) is 0 Å². The van der Waals surface area contributed by atoms with E-state index in [-0.39, 0.29) is 29.8 Å². The first kappa shape index (κ1) is 16.0. The summed E-state index contributed by atoms with van der Waals surface area (Å²) < 4.78 is 0. The molecule has 1 N–H and O–H groups in total. The third-order valence-electron chi connectivity index (χ3n) is 3.83. The first-order chi connectivity index (χ1) is 8.92. The van der Waals surface area contributed by atoms with Crippen molar-refractivity contribution in [3.63, 3.8) is 0 Å². The first-order valence-corrected chi connectivity index (χ1v) is 7.53. The number of rotatable bonds is 6. The van der Waals surface area contributed by atoms with Crippen molar-refractivity contribution in [2.75, 3.05) is 6.54 Å². The van der Waals surface area contributed by atoms with E-state index < -0.39 is 0 Å². The highest BCUT2D eigenvalue weighted by Gasteiger charge is 2.41. The van der Waals surface area contributed by atoms with Crippen LogP contribution in [0, 0.1) is 11.8 Å². The van der Waals surface area contributed by atoms with Gasteiger partial charge in [-0.15, -0.1) is 0 Å². The molecule has 4 nitrogen and oxygen atoms in total. The lowest BCUT2D eigenvalue weighted by molar-refractivity contribution is -0.152. The van der Waals surface area contributed by atoms with Gasteiger partial charge >= 0.3 is 0 Å². The maximum absolute atomic E-state index is 12.5. The Kier molecular flexibility index (Phi) is 5.83. The van der Waals surface area contributed by atoms with Gasteiger partial charge in [0.25, 0.3) is 0 Å². The molecule has 0 radical (unpaired) electrons. The van der Waals surface area contributed by atoms with Crippen molar-refractivity contribution in [3.8, 4) is 0 Å². The lowest BCUT2D eigenvalue weighted by atomic mass is 9.94. The second-order valence-electron chi connectivity index (χ2n) is 6.04. The van der Waals surface area contributed by atoms with Crippen molar-refractivity contribution in [2.24, 2.45) is 11.8 Å². The molecule has 1 aliphatic rings. The predicted molar refractivity (Wildman–Crippen MR) is 76.6 cm³/mol. The molecule has 4 heteroatoms. The average Bonchev–Trinajstić information content (AvgIpc) is 2.33. The predicted octanol–water partition coefficient (Wildman–Crippen LogP) is 2.18. The summed E-state index contributed by atoms with van der Waals surface area (Å²) in [4.78, 5) is 26.5. The minimum absolute atomic E-state index is 0.00477. The van der Waals surface area contributed by atoms with Crippen molar-refractivity contribution in [3.05, 3.63) is 0 Å². The smallest absolute Gasteiger partial charge is 0.245 e. The molecule has 0 aromatic rings. The van der Waals surface area contributed by atoms with Gasteiger partial charge in [-0.3, -0.25) is 9.59 Å². The van der Waals surface area contributed by atoms with Crippen LogP contribution < -0.4 is 5.32 Å². The molecule has 110 valence electrons. The van der Waals surface area contributed by atoms with Gasteiger partial charge in [0.05, 0.1) is 0 Å². The molecule has 19 heavy (non-hydrogen) atoms. The third-order valence-corrected chi connectivity index (χ3v) is 3.83. The van der Waals surface area contributed by atoms with Crippen LogP contribution in [0.25, 0.3) is 0 Å². The van der Waals surface area contributed by atoms with E-state index >= 15 is 0 Å². The SMILES string of the molecule is CCCC(C)CN1C(=O)C(CC)NC(=O)C1C(C)C. The second-order valence-corrected chi connectivity index (χ2v) is 6.04. The van der Waals surface area contributed by atoms with Gasteiger partial charge in [0.2, 0.25) is 11.8 Å². The molecular weight excluding hydrogens is 240 g/mol. The van der Waals surface area contributed by atoms with Crippen molar-refractivity contribution in [1.29, 1.82) is 0 Å². The molecule has 1 fully saturated rings. The molecular formula is C15H28N2O2. The van der Waals surface area contributed by atoms with Crippen molar-refractivity contribution in [1.82, 2.24) is 10.2 Å². The summed E-state index contributed by atoms with van der Waals surface area (Å²) in [5.41, 5.74) is 0. The Labute approximate surface area is 116 Å². The van der Waals surface area contributed by atoms with E-state index in [9.17, 15) is 9.59 Å². The Hall–Kier alpha value is -1.06. The van der Waals surface area contributed by atoms with Crippen LogP contribution in [0.5, 0.6) is 0 Å². The fourth-order valence-corrected chi connectivity index (χ4v) is 2.86. The van der Waals surface area contributed by atoms with Crippen LogP contribution in [0.15, 0.2) is 0 Å². The quantitative estimate of drug-likeness (QED) is 0.802. The molecule has 1 saturated heterocycles. The minimum atomic E-state index is -0.337. The van der Waals surface area contributed by atoms with Gasteiger partial charge in [0.15, 0.2) is 0 Å². The summed E-state index contributed by atoms with van der Waals surface area (Å²) in [6.07, 6.45) is 2.86. The van der Waals surface area contributed by atoms with Gasteiger partial charge in [-0.25, -0.2) is 0 Å². The number of carbonyl (C=O) groups excluding carboxylic acids is 2. The molecule has 3 unspecified atom stereocenters. The minimum Gasteiger partial charge on any atom is -0.343 e. The fourth-order valence-electron chi connectivity index (χ4n) is 2.86. The third kappa shape index (κ3) is 3.71. The van der Waals surface area contributed by atoms with Crippen LogP contribution >= 0.6 is 0 Å². The number of nitrogens with zero attached hydrogens (tertiary/aromatic N) is 1. The van der Waals surface area contributed by atoms with Crippen LogP contribution in [0.4, 0.5) is 0 Å². The summed E-state index contributed by atoms with van der Waals surface area (Å²) in [5.74, 6) is 0.683. The van der Waals surface area contributed by atoms with Crippen LogP contribution in [0.1, 0.15) is 53.9 Å². The first-order valence-electron chi connectivity index (χ1n) is 7.53. The van der Waals surface area contributed by atoms with Crippen molar-refractivity contribution < 1.29 is 9.59 Å². The van der Waals surface area contributed by atoms with Gasteiger partial charge in [0, 0.05) is 6.54 Å². The number of hydrogen-bond acceptors (Lipinski definition) is 2. The molecule has 0 spiro atoms. The van der Waals surface area contributed by atoms with Gasteiger partial charge < -0.3 is 10.2 Å². The van der Waals surface area contributed by atoms with E-state index in [0.29, 0.717) is 18.9 Å². The molecule has 1 aliphatic heterocycles. The lowest BCUT2D eigenvalue weighted by Crippen LogP contribution is -2.65. The highest BCUT2D eigenvalue weighted by Crippen LogP contribution is 2.21. The summed E-state index contributed by atoms with van der Waals surface area (Å²) in [6, 6.07) is -0.647. The molecule has 0 bridgehead atoms. The number of carbonyl (C=O) groups is 2. The summed E-state index contributed by atoms with van der Waals surface area (Å²) in [7, 11) is 0. The fraction of sp³-hybridized carbons (Fsp3) is 0.867. The Morgan fingerprint density at radius 3 is 2.32 bits per heavy atom. The Bertz CT molecular complexity index is 328. The number of piperazine rings is 1. The summed E-state index contributed by atoms with van der Waals surface area (Å²) in [6.45, 7) is 10.9. The molecule has 0 saturated carbocycles. The molecule has 1 rings (SSSR count). The van der Waals surface area contributed by atoms with Gasteiger partial charge in [-0.2, -0.15) is 0 Å². The normalized spacial score (nSPS) is 25.7. The lowest BCUT2D eigenvalue weighted by Gasteiger charge is -2.41. The molecule has 1 heterocycles. The van der Waals surface area contributed by atoms with Crippen LogP contribution in [0.3, 0.4) is 0 Å². The Morgan fingerprint density at radius 2 is 1.84 bits per heavy atom. The Balaban J connectivity index is 2.89. The van der Waals surface area contributed by atoms with Gasteiger partial charge in [-0.05, 0) is 24.7 Å². The molecule has 3 atom stereocenters. The zero-order chi connectivity index (χ0) is 14.6. The molecule has 0 aliphatic carbocycles. The zero-order valence-electron chi connectivity index (χ0n) is 12.9. The average molecular weight is 268 g/mol. The standard InChI is InChI=1S/C15H28N2O2/c1-6-8-11(5)9-17-13(10(3)4)14(18)16-12(7-2)15(17)19/h10-13H,6-9H2,1-5H3,(H,16,18). The maximum Gasteiger partial charge on any atom is 0.245 e. The van der Waals surface area contributed by atoms with E-state index in [4.69, 9.17) is 0 Å². The number of nitrogens with one attached hydrogen (secondary N) is 1. The van der Waals surface area contributed by atoms with E-state index in [1.807, 2.05) is 25.7 Å². The Morgan fingerprint density at radius 1 is 1.21 bits per heavy atom. The molecule has 0 aromatic carbocycles. The van der Waals surface area contributed by atoms with Gasteiger partial charge in [-0.1, -0.05) is 41.0 Å². The monoisotopic (exact) mass is 268 g/mol. The maximum atomic E-state index is 12.5. The topological polar surface area (TPSA) is 49.4 Å². The van der Waals surface area contributed by atoms with Gasteiger partial charge in [0.1, 0.15) is 12.1 Å².